The van der Waals surface area contributed by atoms with E-state index in [2.05, 4.69) is 0 Å². The molecule has 0 aliphatic carbocycles. The van der Waals surface area contributed by atoms with E-state index in [1.807, 2.05) is 19.9 Å². The fourth-order valence-electron chi connectivity index (χ4n) is 3.98. The van der Waals surface area contributed by atoms with E-state index in [1.54, 1.807) is 48.5 Å². The Bertz CT molecular complexity index is 1250. The molecule has 1 fully saturated rings. The maximum atomic E-state index is 14.9. The van der Waals surface area contributed by atoms with Crippen LogP contribution in [0.15, 0.2) is 78.4 Å². The molecule has 1 unspecified atom stereocenters. The third kappa shape index (κ3) is 4.24. The Morgan fingerprint density at radius 1 is 1.03 bits per heavy atom. The van der Waals surface area contributed by atoms with Gasteiger partial charge in [-0.1, -0.05) is 49.4 Å². The van der Waals surface area contributed by atoms with E-state index in [-0.39, 0.29) is 16.9 Å². The molecule has 1 N–H and O–H groups in total. The zero-order chi connectivity index (χ0) is 23.5. The predicted molar refractivity (Wildman–Crippen MR) is 125 cm³/mol. The van der Waals surface area contributed by atoms with Gasteiger partial charge in [-0.3, -0.25) is 14.5 Å². The SMILES string of the molecule is CCCOc1cccc(/C(O)=C2\C(=O)C(=O)N(c3cccc(C)c3)C2c2ccccc2F)c1. The number of rotatable bonds is 6. The molecule has 3 aromatic carbocycles. The first-order chi connectivity index (χ1) is 15.9. The maximum absolute atomic E-state index is 14.9. The first-order valence-electron chi connectivity index (χ1n) is 10.8. The molecule has 33 heavy (non-hydrogen) atoms. The van der Waals surface area contributed by atoms with Crippen LogP contribution in [0.2, 0.25) is 0 Å². The molecule has 0 radical (unpaired) electrons. The van der Waals surface area contributed by atoms with Gasteiger partial charge in [0.05, 0.1) is 18.2 Å². The van der Waals surface area contributed by atoms with E-state index in [1.165, 1.54) is 23.1 Å². The zero-order valence-corrected chi connectivity index (χ0v) is 18.4. The highest BCUT2D eigenvalue weighted by atomic mass is 19.1. The molecule has 1 aliphatic rings. The molecule has 0 spiro atoms. The van der Waals surface area contributed by atoms with Crippen LogP contribution in [0, 0.1) is 12.7 Å². The van der Waals surface area contributed by atoms with Crippen LogP contribution < -0.4 is 9.64 Å². The van der Waals surface area contributed by atoms with Gasteiger partial charge in [-0.15, -0.1) is 0 Å². The first-order valence-corrected chi connectivity index (χ1v) is 10.8. The number of hydrogen-bond donors (Lipinski definition) is 1. The molecule has 1 heterocycles. The van der Waals surface area contributed by atoms with E-state index in [0.717, 1.165) is 12.0 Å². The Hall–Kier alpha value is -3.93. The molecule has 1 saturated heterocycles. The molecule has 5 nitrogen and oxygen atoms in total. The van der Waals surface area contributed by atoms with E-state index in [0.29, 0.717) is 23.6 Å². The fourth-order valence-corrected chi connectivity index (χ4v) is 3.98. The second-order valence-electron chi connectivity index (χ2n) is 7.91. The first kappa shape index (κ1) is 22.3. The largest absolute Gasteiger partial charge is 0.507 e. The summed E-state index contributed by atoms with van der Waals surface area (Å²) in [6, 6.07) is 18.5. The number of nitrogens with zero attached hydrogens (tertiary/aromatic N) is 1. The molecule has 1 amide bonds. The van der Waals surface area contributed by atoms with Gasteiger partial charge < -0.3 is 9.84 Å². The molecule has 3 aromatic rings. The van der Waals surface area contributed by atoms with E-state index < -0.39 is 23.5 Å². The van der Waals surface area contributed by atoms with Crippen LogP contribution in [-0.2, 0) is 9.59 Å². The van der Waals surface area contributed by atoms with Crippen molar-refractivity contribution in [2.45, 2.75) is 26.3 Å². The molecule has 168 valence electrons. The van der Waals surface area contributed by atoms with E-state index in [4.69, 9.17) is 4.74 Å². The highest BCUT2D eigenvalue weighted by molar-refractivity contribution is 6.51. The number of amides is 1. The average molecular weight is 445 g/mol. The Balaban J connectivity index is 1.91. The van der Waals surface area contributed by atoms with Gasteiger partial charge in [0.2, 0.25) is 0 Å². The number of halogens is 1. The Kier molecular flexibility index (Phi) is 6.27. The van der Waals surface area contributed by atoms with Crippen molar-refractivity contribution in [3.05, 3.63) is 101 Å². The van der Waals surface area contributed by atoms with E-state index in [9.17, 15) is 19.1 Å². The number of ketones is 1. The lowest BCUT2D eigenvalue weighted by Crippen LogP contribution is -2.29. The second-order valence-corrected chi connectivity index (χ2v) is 7.91. The van der Waals surface area contributed by atoms with Crippen molar-refractivity contribution in [2.24, 2.45) is 0 Å². The summed E-state index contributed by atoms with van der Waals surface area (Å²) in [6.45, 7) is 4.34. The number of carbonyl (C=O) groups excluding carboxylic acids is 2. The van der Waals surface area contributed by atoms with Gasteiger partial charge in [0.15, 0.2) is 0 Å². The van der Waals surface area contributed by atoms with Gasteiger partial charge in [-0.2, -0.15) is 0 Å². The maximum Gasteiger partial charge on any atom is 0.300 e. The third-order valence-electron chi connectivity index (χ3n) is 5.50. The Morgan fingerprint density at radius 2 is 1.79 bits per heavy atom. The molecule has 0 saturated carbocycles. The number of benzene rings is 3. The van der Waals surface area contributed by atoms with Gasteiger partial charge in [0.25, 0.3) is 11.7 Å². The lowest BCUT2D eigenvalue weighted by molar-refractivity contribution is -0.132. The van der Waals surface area contributed by atoms with Crippen LogP contribution in [0.25, 0.3) is 5.76 Å². The molecular formula is C27H24FNO4. The monoisotopic (exact) mass is 445 g/mol. The molecule has 0 bridgehead atoms. The summed E-state index contributed by atoms with van der Waals surface area (Å²) in [5.41, 5.74) is 1.59. The van der Waals surface area contributed by atoms with Gasteiger partial charge in [0, 0.05) is 16.8 Å². The molecule has 1 atom stereocenters. The van der Waals surface area contributed by atoms with Crippen LogP contribution in [0.4, 0.5) is 10.1 Å². The lowest BCUT2D eigenvalue weighted by Gasteiger charge is -2.26. The van der Waals surface area contributed by atoms with Crippen LogP contribution in [0.5, 0.6) is 5.75 Å². The van der Waals surface area contributed by atoms with Gasteiger partial charge in [-0.25, -0.2) is 4.39 Å². The minimum atomic E-state index is -1.12. The summed E-state index contributed by atoms with van der Waals surface area (Å²) in [5.74, 6) is -2.13. The van der Waals surface area contributed by atoms with Crippen LogP contribution >= 0.6 is 0 Å². The number of Topliss-reactive ketones (excluding diaryl/α,β-unsaturated/α-hetero) is 1. The number of carbonyl (C=O) groups is 2. The quantitative estimate of drug-likeness (QED) is 0.307. The number of hydrogen-bond acceptors (Lipinski definition) is 4. The van der Waals surface area contributed by atoms with Gasteiger partial charge in [-0.05, 0) is 49.2 Å². The molecule has 0 aromatic heterocycles. The van der Waals surface area contributed by atoms with Crippen molar-refractivity contribution in [3.63, 3.8) is 0 Å². The van der Waals surface area contributed by atoms with Crippen molar-refractivity contribution < 1.29 is 23.8 Å². The minimum Gasteiger partial charge on any atom is -0.507 e. The standard InChI is InChI=1S/C27H24FNO4/c1-3-14-33-20-11-7-9-18(16-20)25(30)23-24(21-12-4-5-13-22(21)28)29(27(32)26(23)31)19-10-6-8-17(2)15-19/h4-13,15-16,24,30H,3,14H2,1-2H3/b25-23+. The molecule has 6 heteroatoms. The zero-order valence-electron chi connectivity index (χ0n) is 18.4. The van der Waals surface area contributed by atoms with Gasteiger partial charge >= 0.3 is 0 Å². The normalized spacial score (nSPS) is 17.4. The molecule has 1 aliphatic heterocycles. The van der Waals surface area contributed by atoms with Crippen LogP contribution in [-0.4, -0.2) is 23.4 Å². The number of aryl methyl sites for hydroxylation is 1. The predicted octanol–water partition coefficient (Wildman–Crippen LogP) is 5.55. The van der Waals surface area contributed by atoms with Crippen molar-refractivity contribution >= 4 is 23.1 Å². The smallest absolute Gasteiger partial charge is 0.300 e. The van der Waals surface area contributed by atoms with Crippen molar-refractivity contribution in [1.82, 2.24) is 0 Å². The number of ether oxygens (including phenoxy) is 1. The summed E-state index contributed by atoms with van der Waals surface area (Å²) in [5, 5.41) is 11.2. The lowest BCUT2D eigenvalue weighted by atomic mass is 9.94. The Morgan fingerprint density at radius 3 is 2.52 bits per heavy atom. The van der Waals surface area contributed by atoms with Crippen molar-refractivity contribution in [3.8, 4) is 5.75 Å². The van der Waals surface area contributed by atoms with Crippen molar-refractivity contribution in [2.75, 3.05) is 11.5 Å². The minimum absolute atomic E-state index is 0.123. The molecular weight excluding hydrogens is 421 g/mol. The summed E-state index contributed by atoms with van der Waals surface area (Å²) >= 11 is 0. The second kappa shape index (κ2) is 9.28. The van der Waals surface area contributed by atoms with Gasteiger partial charge in [0.1, 0.15) is 17.3 Å². The fraction of sp³-hybridized carbons (Fsp3) is 0.185. The van der Waals surface area contributed by atoms with Crippen LogP contribution in [0.3, 0.4) is 0 Å². The van der Waals surface area contributed by atoms with E-state index >= 15 is 0 Å². The summed E-state index contributed by atoms with van der Waals surface area (Å²) in [4.78, 5) is 27.6. The summed E-state index contributed by atoms with van der Waals surface area (Å²) in [7, 11) is 0. The third-order valence-corrected chi connectivity index (χ3v) is 5.50. The highest BCUT2D eigenvalue weighted by Gasteiger charge is 2.47. The van der Waals surface area contributed by atoms with Crippen LogP contribution in [0.1, 0.15) is 36.1 Å². The molecule has 4 rings (SSSR count). The number of anilines is 1. The number of aliphatic hydroxyl groups excluding tert-OH is 1. The van der Waals surface area contributed by atoms with Crippen molar-refractivity contribution in [1.29, 1.82) is 0 Å². The topological polar surface area (TPSA) is 66.8 Å². The Labute approximate surface area is 191 Å². The summed E-state index contributed by atoms with van der Waals surface area (Å²) in [6.07, 6.45) is 0.811. The number of aliphatic hydroxyl groups is 1. The summed E-state index contributed by atoms with van der Waals surface area (Å²) < 4.78 is 20.6. The highest BCUT2D eigenvalue weighted by Crippen LogP contribution is 2.43. The average Bonchev–Trinajstić information content (AvgIpc) is 3.08.